The van der Waals surface area contributed by atoms with Crippen molar-refractivity contribution in [1.29, 1.82) is 0 Å². The maximum Gasteiger partial charge on any atom is 0.0887 e. The molecular weight excluding hydrogens is 181 g/mol. The molecule has 1 aromatic heterocycles. The Balaban J connectivity index is 2.07. The van der Waals surface area contributed by atoms with Gasteiger partial charge in [-0.15, -0.1) is 8.58 Å². The Hall–Kier alpha value is -0.460. The van der Waals surface area contributed by atoms with Crippen molar-refractivity contribution in [2.24, 2.45) is 0 Å². The van der Waals surface area contributed by atoms with Crippen molar-refractivity contribution in [3.63, 3.8) is 0 Å². The summed E-state index contributed by atoms with van der Waals surface area (Å²) in [6.07, 6.45) is 4.25. The van der Waals surface area contributed by atoms with Gasteiger partial charge in [0.2, 0.25) is 0 Å². The average molecular weight is 197 g/mol. The zero-order chi connectivity index (χ0) is 9.36. The molecule has 0 N–H and O–H groups in total. The summed E-state index contributed by atoms with van der Waals surface area (Å²) in [4.78, 5) is 4.17. The van der Waals surface area contributed by atoms with Gasteiger partial charge >= 0.3 is 0 Å². The van der Waals surface area contributed by atoms with Crippen LogP contribution in [0.3, 0.4) is 0 Å². The molecule has 2 nitrogen and oxygen atoms in total. The highest BCUT2D eigenvalue weighted by atomic mass is 31.1. The van der Waals surface area contributed by atoms with Crippen LogP contribution in [-0.2, 0) is 11.3 Å². The van der Waals surface area contributed by atoms with E-state index in [2.05, 4.69) is 11.6 Å². The topological polar surface area (TPSA) is 22.1 Å². The molecule has 3 heteroatoms. The van der Waals surface area contributed by atoms with E-state index in [1.165, 1.54) is 12.6 Å². The summed E-state index contributed by atoms with van der Waals surface area (Å²) < 4.78 is 5.46. The fourth-order valence-electron chi connectivity index (χ4n) is 1.01. The third-order valence-electron chi connectivity index (χ3n) is 1.69. The van der Waals surface area contributed by atoms with E-state index in [1.54, 1.807) is 6.20 Å². The summed E-state index contributed by atoms with van der Waals surface area (Å²) in [5.74, 6) is 0. The van der Waals surface area contributed by atoms with E-state index in [0.29, 0.717) is 6.61 Å². The minimum Gasteiger partial charge on any atom is -0.375 e. The number of hydrogen-bond donors (Lipinski definition) is 0. The molecule has 0 fully saturated rings. The Labute approximate surface area is 81.5 Å². The van der Waals surface area contributed by atoms with Crippen molar-refractivity contribution in [2.45, 2.75) is 13.0 Å². The van der Waals surface area contributed by atoms with Crippen LogP contribution in [0.4, 0.5) is 0 Å². The molecule has 0 saturated carbocycles. The van der Waals surface area contributed by atoms with Gasteiger partial charge in [0.1, 0.15) is 0 Å². The molecule has 13 heavy (non-hydrogen) atoms. The van der Waals surface area contributed by atoms with Crippen LogP contribution in [0, 0.1) is 0 Å². The molecule has 0 aliphatic heterocycles. The van der Waals surface area contributed by atoms with Gasteiger partial charge < -0.3 is 4.74 Å². The van der Waals surface area contributed by atoms with Crippen LogP contribution >= 0.6 is 8.58 Å². The van der Waals surface area contributed by atoms with E-state index in [-0.39, 0.29) is 0 Å². The maximum absolute atomic E-state index is 5.46. The summed E-state index contributed by atoms with van der Waals surface area (Å²) in [6.45, 7) is 3.73. The van der Waals surface area contributed by atoms with Crippen molar-refractivity contribution in [2.75, 3.05) is 19.4 Å². The fourth-order valence-corrected chi connectivity index (χ4v) is 1.51. The number of rotatable bonds is 6. The summed E-state index contributed by atoms with van der Waals surface area (Å²) in [5.41, 5.74) is 1.02. The molecule has 1 unspecified atom stereocenters. The Morgan fingerprint density at radius 3 is 3.08 bits per heavy atom. The molecule has 0 aliphatic rings. The van der Waals surface area contributed by atoms with Gasteiger partial charge in [-0.3, -0.25) is 4.98 Å². The molecule has 1 rings (SSSR count). The van der Waals surface area contributed by atoms with E-state index >= 15 is 0 Å². The van der Waals surface area contributed by atoms with Gasteiger partial charge in [0.05, 0.1) is 12.3 Å². The van der Waals surface area contributed by atoms with Gasteiger partial charge in [-0.25, -0.2) is 0 Å². The lowest BCUT2D eigenvalue weighted by molar-refractivity contribution is 0.119. The first-order valence-corrected chi connectivity index (χ1v) is 6.26. The smallest absolute Gasteiger partial charge is 0.0887 e. The second kappa shape index (κ2) is 6.99. The number of pyridine rings is 1. The van der Waals surface area contributed by atoms with Crippen LogP contribution in [0.2, 0.25) is 0 Å². The molecule has 1 heterocycles. The van der Waals surface area contributed by atoms with E-state index in [9.17, 15) is 0 Å². The summed E-state index contributed by atoms with van der Waals surface area (Å²) in [6, 6.07) is 5.89. The number of aromatic nitrogens is 1. The Kier molecular flexibility index (Phi) is 5.71. The average Bonchev–Trinajstić information content (AvgIpc) is 2.19. The van der Waals surface area contributed by atoms with Gasteiger partial charge in [0.25, 0.3) is 0 Å². The molecule has 0 radical (unpaired) electrons. The van der Waals surface area contributed by atoms with Crippen LogP contribution in [0.1, 0.15) is 12.1 Å². The first kappa shape index (κ1) is 10.6. The predicted octanol–water partition coefficient (Wildman–Crippen LogP) is 2.30. The first-order chi connectivity index (χ1) is 6.43. The van der Waals surface area contributed by atoms with E-state index in [4.69, 9.17) is 4.74 Å². The van der Waals surface area contributed by atoms with Crippen molar-refractivity contribution >= 4 is 8.58 Å². The van der Waals surface area contributed by atoms with Crippen molar-refractivity contribution in [3.8, 4) is 0 Å². The van der Waals surface area contributed by atoms with Crippen molar-refractivity contribution in [1.82, 2.24) is 4.98 Å². The van der Waals surface area contributed by atoms with Crippen molar-refractivity contribution < 1.29 is 4.74 Å². The Morgan fingerprint density at radius 1 is 1.46 bits per heavy atom. The molecule has 0 bridgehead atoms. The largest absolute Gasteiger partial charge is 0.375 e. The lowest BCUT2D eigenvalue weighted by atomic mass is 10.4. The fraction of sp³-hybridized carbons (Fsp3) is 0.500. The Bertz CT molecular complexity index is 215. The molecule has 0 spiro atoms. The molecule has 72 valence electrons. The predicted molar refractivity (Wildman–Crippen MR) is 57.6 cm³/mol. The van der Waals surface area contributed by atoms with Crippen LogP contribution in [0.25, 0.3) is 0 Å². The molecule has 0 amide bonds. The number of nitrogens with zero attached hydrogens (tertiary/aromatic N) is 1. The first-order valence-electron chi connectivity index (χ1n) is 4.55. The lowest BCUT2D eigenvalue weighted by Gasteiger charge is -2.02. The zero-order valence-corrected chi connectivity index (χ0v) is 8.99. The third-order valence-corrected chi connectivity index (χ3v) is 2.55. The third kappa shape index (κ3) is 4.97. The van der Waals surface area contributed by atoms with Crippen LogP contribution in [0.15, 0.2) is 24.4 Å². The van der Waals surface area contributed by atoms with Crippen LogP contribution in [-0.4, -0.2) is 24.4 Å². The van der Waals surface area contributed by atoms with Gasteiger partial charge in [0, 0.05) is 12.8 Å². The van der Waals surface area contributed by atoms with Gasteiger partial charge in [-0.1, -0.05) is 6.07 Å². The van der Waals surface area contributed by atoms with Gasteiger partial charge in [-0.2, -0.15) is 0 Å². The normalized spacial score (nSPS) is 11.2. The standard InChI is InChI=1S/C10H16NOP/c1-13-8-4-7-12-9-10-5-2-3-6-11-10/h2-3,5-6,13H,4,7-9H2,1H3. The van der Waals surface area contributed by atoms with Crippen molar-refractivity contribution in [3.05, 3.63) is 30.1 Å². The highest BCUT2D eigenvalue weighted by Gasteiger charge is 1.92. The monoisotopic (exact) mass is 197 g/mol. The molecule has 1 atom stereocenters. The summed E-state index contributed by atoms with van der Waals surface area (Å²) in [5, 5.41) is 0. The van der Waals surface area contributed by atoms with Crippen LogP contribution < -0.4 is 0 Å². The van der Waals surface area contributed by atoms with Gasteiger partial charge in [-0.05, 0) is 31.4 Å². The summed E-state index contributed by atoms with van der Waals surface area (Å²) >= 11 is 0. The highest BCUT2D eigenvalue weighted by molar-refractivity contribution is 7.36. The molecule has 0 aliphatic carbocycles. The van der Waals surface area contributed by atoms with Crippen LogP contribution in [0.5, 0.6) is 0 Å². The maximum atomic E-state index is 5.46. The minimum absolute atomic E-state index is 0.646. The quantitative estimate of drug-likeness (QED) is 0.515. The number of hydrogen-bond acceptors (Lipinski definition) is 2. The number of ether oxygens (including phenoxy) is 1. The zero-order valence-electron chi connectivity index (χ0n) is 7.99. The summed E-state index contributed by atoms with van der Waals surface area (Å²) in [7, 11) is 1.04. The molecule has 0 saturated heterocycles. The minimum atomic E-state index is 0.646. The highest BCUT2D eigenvalue weighted by Crippen LogP contribution is 2.04. The molecular formula is C10H16NOP. The molecule has 0 aromatic carbocycles. The lowest BCUT2D eigenvalue weighted by Crippen LogP contribution is -1.97. The second-order valence-corrected chi connectivity index (χ2v) is 4.04. The molecule has 1 aromatic rings. The SMILES string of the molecule is CPCCCOCc1ccccn1. The van der Waals surface area contributed by atoms with E-state index in [1.807, 2.05) is 18.2 Å². The van der Waals surface area contributed by atoms with E-state index < -0.39 is 0 Å². The second-order valence-electron chi connectivity index (χ2n) is 2.83. The van der Waals surface area contributed by atoms with E-state index in [0.717, 1.165) is 20.9 Å². The van der Waals surface area contributed by atoms with Gasteiger partial charge in [0.15, 0.2) is 0 Å². The Morgan fingerprint density at radius 2 is 2.38 bits per heavy atom.